The molecule has 0 bridgehead atoms. The zero-order valence-electron chi connectivity index (χ0n) is 16.3. The normalized spacial score (nSPS) is 16.5. The highest BCUT2D eigenvalue weighted by atomic mass is 19.4. The number of alkyl halides is 3. The fraction of sp³-hybridized carbons (Fsp3) is 0.647. The molecule has 0 aliphatic carbocycles. The molecule has 1 aromatic rings. The molecule has 0 aromatic carbocycles. The number of halogens is 3. The average Bonchev–Trinajstić information content (AvgIpc) is 2.66. The summed E-state index contributed by atoms with van der Waals surface area (Å²) in [6, 6.07) is 1.04. The average molecular weight is 416 g/mol. The summed E-state index contributed by atoms with van der Waals surface area (Å²) >= 11 is 0. The molecule has 5 N–H and O–H groups in total. The van der Waals surface area contributed by atoms with Crippen molar-refractivity contribution in [2.75, 3.05) is 44.6 Å². The lowest BCUT2D eigenvalue weighted by Crippen LogP contribution is -2.49. The number of primary amides is 1. The molecule has 0 saturated carbocycles. The van der Waals surface area contributed by atoms with E-state index >= 15 is 0 Å². The number of amides is 1. The van der Waals surface area contributed by atoms with Gasteiger partial charge in [-0.25, -0.2) is 9.97 Å². The van der Waals surface area contributed by atoms with Gasteiger partial charge in [-0.3, -0.25) is 14.7 Å². The van der Waals surface area contributed by atoms with Gasteiger partial charge < -0.3 is 21.7 Å². The number of nitrogens with zero attached hydrogens (tertiary/aromatic N) is 4. The number of hydrogen-bond donors (Lipinski definition) is 4. The molecule has 2 rings (SSSR count). The Hall–Kier alpha value is -2.63. The van der Waals surface area contributed by atoms with Crippen LogP contribution < -0.4 is 21.7 Å². The maximum absolute atomic E-state index is 12.7. The molecule has 9 nitrogen and oxygen atoms in total. The van der Waals surface area contributed by atoms with Gasteiger partial charge in [-0.15, -0.1) is 0 Å². The summed E-state index contributed by atoms with van der Waals surface area (Å²) in [5, 5.41) is 9.24. The van der Waals surface area contributed by atoms with E-state index in [0.717, 1.165) is 38.2 Å². The van der Waals surface area contributed by atoms with Gasteiger partial charge in [0.15, 0.2) is 5.96 Å². The first-order chi connectivity index (χ1) is 13.8. The minimum absolute atomic E-state index is 0.0881. The fourth-order valence-corrected chi connectivity index (χ4v) is 2.91. The number of nitrogens with one attached hydrogen (secondary N) is 3. The van der Waals surface area contributed by atoms with E-state index in [0.29, 0.717) is 19.0 Å². The van der Waals surface area contributed by atoms with Crippen molar-refractivity contribution in [3.05, 3.63) is 18.0 Å². The molecule has 1 amide bonds. The predicted molar refractivity (Wildman–Crippen MR) is 103 cm³/mol. The molecule has 1 aliphatic rings. The third-order valence-electron chi connectivity index (χ3n) is 4.26. The van der Waals surface area contributed by atoms with Gasteiger partial charge >= 0.3 is 6.18 Å². The minimum atomic E-state index is -4.51. The first-order valence-electron chi connectivity index (χ1n) is 9.47. The zero-order chi connectivity index (χ0) is 21.3. The van der Waals surface area contributed by atoms with Crippen molar-refractivity contribution in [1.82, 2.24) is 25.5 Å². The number of rotatable bonds is 8. The van der Waals surface area contributed by atoms with Crippen LogP contribution in [-0.2, 0) is 11.0 Å². The number of carbonyl (C=O) groups is 1. The van der Waals surface area contributed by atoms with Crippen LogP contribution in [-0.4, -0.2) is 72.0 Å². The maximum Gasteiger partial charge on any atom is 0.433 e. The molecular formula is C17H27F3N8O. The Balaban J connectivity index is 1.80. The van der Waals surface area contributed by atoms with Crippen molar-refractivity contribution >= 4 is 17.8 Å². The Labute approximate surface area is 167 Å². The second kappa shape index (κ2) is 10.8. The molecule has 162 valence electrons. The van der Waals surface area contributed by atoms with Gasteiger partial charge in [0.25, 0.3) is 0 Å². The summed E-state index contributed by atoms with van der Waals surface area (Å²) in [6.45, 7) is 5.05. The van der Waals surface area contributed by atoms with E-state index in [-0.39, 0.29) is 31.0 Å². The van der Waals surface area contributed by atoms with Crippen LogP contribution >= 0.6 is 0 Å². The summed E-state index contributed by atoms with van der Waals surface area (Å²) in [4.78, 5) is 24.7. The molecular weight excluding hydrogens is 389 g/mol. The fourth-order valence-electron chi connectivity index (χ4n) is 2.91. The van der Waals surface area contributed by atoms with Crippen molar-refractivity contribution in [2.45, 2.75) is 32.0 Å². The molecule has 1 fully saturated rings. The first-order valence-corrected chi connectivity index (χ1v) is 9.47. The second-order valence-electron chi connectivity index (χ2n) is 6.61. The summed E-state index contributed by atoms with van der Waals surface area (Å²) in [5.41, 5.74) is 4.23. The summed E-state index contributed by atoms with van der Waals surface area (Å²) in [7, 11) is 0. The molecule has 12 heteroatoms. The smallest absolute Gasteiger partial charge is 0.369 e. The van der Waals surface area contributed by atoms with Crippen LogP contribution in [0.5, 0.6) is 0 Å². The minimum Gasteiger partial charge on any atom is -0.369 e. The topological polar surface area (TPSA) is 121 Å². The van der Waals surface area contributed by atoms with Crippen LogP contribution in [0, 0.1) is 0 Å². The number of anilines is 1. The largest absolute Gasteiger partial charge is 0.433 e. The van der Waals surface area contributed by atoms with Crippen LogP contribution in [0.1, 0.15) is 25.5 Å². The Morgan fingerprint density at radius 1 is 1.38 bits per heavy atom. The highest BCUT2D eigenvalue weighted by Crippen LogP contribution is 2.27. The van der Waals surface area contributed by atoms with Crippen LogP contribution in [0.3, 0.4) is 0 Å². The number of piperidine rings is 1. The van der Waals surface area contributed by atoms with Crippen molar-refractivity contribution in [2.24, 2.45) is 10.7 Å². The Morgan fingerprint density at radius 2 is 2.10 bits per heavy atom. The van der Waals surface area contributed by atoms with E-state index in [2.05, 4.69) is 30.9 Å². The van der Waals surface area contributed by atoms with E-state index in [1.54, 1.807) is 0 Å². The van der Waals surface area contributed by atoms with Gasteiger partial charge in [-0.05, 0) is 25.8 Å². The first kappa shape index (κ1) is 22.7. The monoisotopic (exact) mass is 416 g/mol. The van der Waals surface area contributed by atoms with Crippen molar-refractivity contribution in [1.29, 1.82) is 0 Å². The van der Waals surface area contributed by atoms with Crippen molar-refractivity contribution in [3.8, 4) is 0 Å². The number of aliphatic imine (C=N–C) groups is 1. The Morgan fingerprint density at radius 3 is 2.72 bits per heavy atom. The Kier molecular flexibility index (Phi) is 8.43. The summed E-state index contributed by atoms with van der Waals surface area (Å²) in [5.74, 6) is 0.214. The second-order valence-corrected chi connectivity index (χ2v) is 6.61. The summed E-state index contributed by atoms with van der Waals surface area (Å²) in [6.07, 6.45) is -1.73. The van der Waals surface area contributed by atoms with E-state index in [4.69, 9.17) is 5.73 Å². The number of nitrogens with two attached hydrogens (primary N) is 1. The van der Waals surface area contributed by atoms with Crippen LogP contribution in [0.15, 0.2) is 17.3 Å². The third kappa shape index (κ3) is 8.10. The van der Waals surface area contributed by atoms with E-state index in [9.17, 15) is 18.0 Å². The molecule has 1 aromatic heterocycles. The zero-order valence-corrected chi connectivity index (χ0v) is 16.3. The van der Waals surface area contributed by atoms with E-state index < -0.39 is 11.9 Å². The highest BCUT2D eigenvalue weighted by molar-refractivity contribution is 5.80. The molecule has 0 spiro atoms. The predicted octanol–water partition coefficient (Wildman–Crippen LogP) is 0.412. The van der Waals surface area contributed by atoms with Gasteiger partial charge in [0, 0.05) is 38.4 Å². The molecule has 0 radical (unpaired) electrons. The Bertz CT molecular complexity index is 690. The third-order valence-corrected chi connectivity index (χ3v) is 4.26. The molecule has 0 atom stereocenters. The van der Waals surface area contributed by atoms with E-state index in [1.165, 1.54) is 0 Å². The van der Waals surface area contributed by atoms with Gasteiger partial charge in [0.05, 0.1) is 13.1 Å². The lowest BCUT2D eigenvalue weighted by Gasteiger charge is -2.32. The lowest BCUT2D eigenvalue weighted by molar-refractivity contribution is -0.141. The number of aromatic nitrogens is 2. The SMILES string of the molecule is CCNC(=NCCNc1nccc(C(F)(F)F)n1)NC1CCN(CC(N)=O)CC1. The van der Waals surface area contributed by atoms with Crippen LogP contribution in [0.2, 0.25) is 0 Å². The van der Waals surface area contributed by atoms with Crippen molar-refractivity contribution in [3.63, 3.8) is 0 Å². The number of carbonyl (C=O) groups excluding carboxylic acids is 1. The highest BCUT2D eigenvalue weighted by Gasteiger charge is 2.32. The molecule has 2 heterocycles. The van der Waals surface area contributed by atoms with Gasteiger partial charge in [-0.1, -0.05) is 0 Å². The molecule has 0 unspecified atom stereocenters. The lowest BCUT2D eigenvalue weighted by atomic mass is 10.1. The number of guanidine groups is 1. The van der Waals surface area contributed by atoms with Gasteiger partial charge in [0.2, 0.25) is 11.9 Å². The molecule has 1 saturated heterocycles. The van der Waals surface area contributed by atoms with Gasteiger partial charge in [-0.2, -0.15) is 13.2 Å². The van der Waals surface area contributed by atoms with E-state index in [1.807, 2.05) is 11.8 Å². The number of likely N-dealkylation sites (tertiary alicyclic amines) is 1. The molecule has 29 heavy (non-hydrogen) atoms. The maximum atomic E-state index is 12.7. The standard InChI is InChI=1S/C17H27F3N8O/c1-2-22-15(26-12-4-9-28(10-5-12)11-14(21)29)24-7-8-25-16-23-6-3-13(27-16)17(18,19)20/h3,6,12H,2,4-5,7-11H2,1H3,(H2,21,29)(H2,22,24,26)(H,23,25,27). The summed E-state index contributed by atoms with van der Waals surface area (Å²) < 4.78 is 38.0. The molecule has 1 aliphatic heterocycles. The van der Waals surface area contributed by atoms with Crippen LogP contribution in [0.4, 0.5) is 19.1 Å². The van der Waals surface area contributed by atoms with Crippen molar-refractivity contribution < 1.29 is 18.0 Å². The van der Waals surface area contributed by atoms with Gasteiger partial charge in [0.1, 0.15) is 5.69 Å². The van der Waals surface area contributed by atoms with Crippen LogP contribution in [0.25, 0.3) is 0 Å². The number of hydrogen-bond acceptors (Lipinski definition) is 6. The quantitative estimate of drug-likeness (QED) is 0.275.